The van der Waals surface area contributed by atoms with Crippen LogP contribution in [0, 0.1) is 0 Å². The van der Waals surface area contributed by atoms with Gasteiger partial charge in [-0.3, -0.25) is 0 Å². The third-order valence-corrected chi connectivity index (χ3v) is 12.6. The van der Waals surface area contributed by atoms with Crippen LogP contribution in [0.15, 0.2) is 146 Å². The van der Waals surface area contributed by atoms with Crippen molar-refractivity contribution < 1.29 is 0 Å². The maximum atomic E-state index is 2.57. The van der Waals surface area contributed by atoms with Crippen molar-refractivity contribution in [2.24, 2.45) is 0 Å². The van der Waals surface area contributed by atoms with E-state index in [1.807, 2.05) is 0 Å². The molecule has 0 aromatic heterocycles. The molecule has 7 aromatic rings. The van der Waals surface area contributed by atoms with Gasteiger partial charge in [-0.25, -0.2) is 0 Å². The Morgan fingerprint density at radius 2 is 0.878 bits per heavy atom. The van der Waals surface area contributed by atoms with Gasteiger partial charge in [-0.05, 0) is 88.6 Å². The summed E-state index contributed by atoms with van der Waals surface area (Å²) in [6.45, 7) is 5.02. The van der Waals surface area contributed by atoms with Gasteiger partial charge in [0.15, 0.2) is 0 Å². The van der Waals surface area contributed by atoms with Crippen molar-refractivity contribution in [1.82, 2.24) is 0 Å². The maximum Gasteiger partial charge on any atom is 0.113 e. The summed E-state index contributed by atoms with van der Waals surface area (Å²) in [5.74, 6) is 0. The Labute approximate surface area is 242 Å². The lowest BCUT2D eigenvalue weighted by Gasteiger charge is -2.22. The van der Waals surface area contributed by atoms with E-state index in [1.165, 1.54) is 66.1 Å². The van der Waals surface area contributed by atoms with Crippen LogP contribution in [0.2, 0.25) is 13.1 Å². The van der Waals surface area contributed by atoms with Crippen LogP contribution >= 0.6 is 0 Å². The van der Waals surface area contributed by atoms with Gasteiger partial charge >= 0.3 is 0 Å². The van der Waals surface area contributed by atoms with Crippen LogP contribution in [-0.4, -0.2) is 8.07 Å². The second kappa shape index (κ2) is 9.16. The van der Waals surface area contributed by atoms with E-state index in [0.717, 1.165) is 0 Å². The van der Waals surface area contributed by atoms with E-state index >= 15 is 0 Å². The maximum absolute atomic E-state index is 2.57. The molecule has 1 aliphatic rings. The van der Waals surface area contributed by atoms with Crippen LogP contribution in [0.1, 0.15) is 0 Å². The molecule has 0 saturated heterocycles. The molecule has 7 aromatic carbocycles. The highest BCUT2D eigenvalue weighted by Crippen LogP contribution is 2.46. The summed E-state index contributed by atoms with van der Waals surface area (Å²) < 4.78 is 0. The Bertz CT molecular complexity index is 2100. The minimum Gasteiger partial charge on any atom is -0.0623 e. The summed E-state index contributed by atoms with van der Waals surface area (Å²) in [5.41, 5.74) is 10.5. The Balaban J connectivity index is 1.54. The third-order valence-electron chi connectivity index (χ3n) is 9.05. The molecule has 1 aliphatic heterocycles. The second-order valence-electron chi connectivity index (χ2n) is 11.7. The Hall–Kier alpha value is -4.72. The van der Waals surface area contributed by atoms with Crippen LogP contribution in [0.3, 0.4) is 0 Å². The highest BCUT2D eigenvalue weighted by Gasteiger charge is 2.38. The van der Waals surface area contributed by atoms with Crippen LogP contribution in [0.4, 0.5) is 0 Å². The Morgan fingerprint density at radius 3 is 1.61 bits per heavy atom. The molecule has 8 rings (SSSR count). The number of fused-ring (bicyclic) bond motifs is 5. The molecule has 194 valence electrons. The molecule has 0 saturated carbocycles. The predicted octanol–water partition coefficient (Wildman–Crippen LogP) is 9.80. The minimum atomic E-state index is -1.84. The first-order chi connectivity index (χ1) is 20.1. The van der Waals surface area contributed by atoms with Crippen LogP contribution < -0.4 is 10.4 Å². The van der Waals surface area contributed by atoms with E-state index in [9.17, 15) is 0 Å². The van der Waals surface area contributed by atoms with Crippen molar-refractivity contribution in [3.05, 3.63) is 146 Å². The topological polar surface area (TPSA) is 0 Å². The monoisotopic (exact) mass is 538 g/mol. The molecule has 0 atom stereocenters. The molecular weight excluding hydrogens is 509 g/mol. The van der Waals surface area contributed by atoms with Crippen molar-refractivity contribution >= 4 is 40.0 Å². The highest BCUT2D eigenvalue weighted by molar-refractivity contribution is 7.04. The predicted molar refractivity (Wildman–Crippen MR) is 180 cm³/mol. The van der Waals surface area contributed by atoms with Crippen molar-refractivity contribution in [3.63, 3.8) is 0 Å². The highest BCUT2D eigenvalue weighted by atomic mass is 28.3. The van der Waals surface area contributed by atoms with E-state index in [4.69, 9.17) is 0 Å². The summed E-state index contributed by atoms with van der Waals surface area (Å²) in [7, 11) is -1.84. The van der Waals surface area contributed by atoms with Gasteiger partial charge in [0, 0.05) is 0 Å². The van der Waals surface area contributed by atoms with Crippen molar-refractivity contribution in [2.45, 2.75) is 13.1 Å². The van der Waals surface area contributed by atoms with E-state index in [-0.39, 0.29) is 0 Å². The zero-order chi connectivity index (χ0) is 27.6. The van der Waals surface area contributed by atoms with Crippen molar-refractivity contribution in [3.8, 4) is 44.5 Å². The van der Waals surface area contributed by atoms with E-state index in [1.54, 1.807) is 10.4 Å². The first kappa shape index (κ1) is 24.1. The number of hydrogen-bond donors (Lipinski definition) is 0. The zero-order valence-electron chi connectivity index (χ0n) is 23.4. The molecule has 1 heterocycles. The molecule has 0 amide bonds. The quantitative estimate of drug-likeness (QED) is 0.155. The molecule has 41 heavy (non-hydrogen) atoms. The van der Waals surface area contributed by atoms with E-state index in [2.05, 4.69) is 159 Å². The first-order valence-corrected chi connectivity index (χ1v) is 17.5. The second-order valence-corrected chi connectivity index (χ2v) is 16.0. The fourth-order valence-corrected chi connectivity index (χ4v) is 10.2. The average molecular weight is 539 g/mol. The van der Waals surface area contributed by atoms with Gasteiger partial charge in [-0.15, -0.1) is 0 Å². The molecule has 0 nitrogen and oxygen atoms in total. The lowest BCUT2D eigenvalue weighted by molar-refractivity contribution is 1.61. The van der Waals surface area contributed by atoms with E-state index < -0.39 is 8.07 Å². The summed E-state index contributed by atoms with van der Waals surface area (Å²) >= 11 is 0. The van der Waals surface area contributed by atoms with Crippen LogP contribution in [0.5, 0.6) is 0 Å². The summed E-state index contributed by atoms with van der Waals surface area (Å²) in [5, 5.41) is 8.37. The number of benzene rings is 7. The minimum absolute atomic E-state index is 1.24. The van der Waals surface area contributed by atoms with Gasteiger partial charge < -0.3 is 0 Å². The van der Waals surface area contributed by atoms with Crippen molar-refractivity contribution in [2.75, 3.05) is 0 Å². The van der Waals surface area contributed by atoms with Crippen LogP contribution in [-0.2, 0) is 0 Å². The van der Waals surface area contributed by atoms with Gasteiger partial charge in [-0.2, -0.15) is 0 Å². The third kappa shape index (κ3) is 3.66. The van der Waals surface area contributed by atoms with Gasteiger partial charge in [0.25, 0.3) is 0 Å². The van der Waals surface area contributed by atoms with Gasteiger partial charge in [-0.1, -0.05) is 147 Å². The summed E-state index contributed by atoms with van der Waals surface area (Å²) in [6, 6.07) is 54.0. The molecule has 0 radical (unpaired) electrons. The molecular formula is C40H30Si. The van der Waals surface area contributed by atoms with Gasteiger partial charge in [0.2, 0.25) is 0 Å². The number of hydrogen-bond acceptors (Lipinski definition) is 0. The summed E-state index contributed by atoms with van der Waals surface area (Å²) in [6.07, 6.45) is 0. The Kier molecular flexibility index (Phi) is 5.38. The van der Waals surface area contributed by atoms with Gasteiger partial charge in [0.1, 0.15) is 8.07 Å². The molecule has 0 fully saturated rings. The largest absolute Gasteiger partial charge is 0.113 e. The Morgan fingerprint density at radius 1 is 0.341 bits per heavy atom. The molecule has 0 N–H and O–H groups in total. The molecule has 1 heteroatoms. The van der Waals surface area contributed by atoms with Crippen LogP contribution in [0.25, 0.3) is 66.1 Å². The summed E-state index contributed by atoms with van der Waals surface area (Å²) in [4.78, 5) is 0. The first-order valence-electron chi connectivity index (χ1n) is 14.5. The number of rotatable bonds is 3. The fraction of sp³-hybridized carbons (Fsp3) is 0.0500. The zero-order valence-corrected chi connectivity index (χ0v) is 24.4. The van der Waals surface area contributed by atoms with Gasteiger partial charge in [0.05, 0.1) is 0 Å². The average Bonchev–Trinajstić information content (AvgIpc) is 3.25. The SMILES string of the molecule is C[Si]1(C)c2ccccc2-c2cc3c(-c4cccc(-c5ccccc5)c4)c4ccccc4c(-c4ccccc4)c3cc21. The smallest absolute Gasteiger partial charge is 0.0623 e. The molecule has 0 aliphatic carbocycles. The molecule has 0 spiro atoms. The normalized spacial score (nSPS) is 13.3. The van der Waals surface area contributed by atoms with Crippen molar-refractivity contribution in [1.29, 1.82) is 0 Å². The standard InChI is InChI=1S/C40H30Si/c1-41(2)37-23-12-11-20-31(37)34-25-35-36(26-38(34)41)39(28-16-7-4-8-17-28)32-21-9-10-22-33(32)40(35)30-19-13-18-29(24-30)27-14-5-3-6-15-27/h3-26H,1-2H3. The lowest BCUT2D eigenvalue weighted by Crippen LogP contribution is -2.49. The fourth-order valence-electron chi connectivity index (χ4n) is 7.08. The molecule has 0 unspecified atom stereocenters. The van der Waals surface area contributed by atoms with E-state index in [0.29, 0.717) is 0 Å². The molecule has 0 bridgehead atoms. The lowest BCUT2D eigenvalue weighted by atomic mass is 9.84.